The van der Waals surface area contributed by atoms with Crippen molar-refractivity contribution in [2.24, 2.45) is 0 Å². The van der Waals surface area contributed by atoms with E-state index in [1.807, 2.05) is 0 Å². The predicted octanol–water partition coefficient (Wildman–Crippen LogP) is 8.94. The molecule has 1 aromatic carbocycles. The van der Waals surface area contributed by atoms with E-state index in [-0.39, 0.29) is 25.6 Å². The second-order valence-corrected chi connectivity index (χ2v) is 15.6. The molecule has 0 aliphatic carbocycles. The topological polar surface area (TPSA) is 187 Å². The van der Waals surface area contributed by atoms with E-state index in [2.05, 4.69) is 29.1 Å². The van der Waals surface area contributed by atoms with E-state index in [0.29, 0.717) is 42.0 Å². The van der Waals surface area contributed by atoms with Crippen molar-refractivity contribution in [1.29, 1.82) is 10.5 Å². The molecule has 0 bridgehead atoms. The Labute approximate surface area is 320 Å². The Morgan fingerprint density at radius 3 is 2.24 bits per heavy atom. The number of nitrogens with zero attached hydrogens (tertiary/aromatic N) is 5. The first-order valence-corrected chi connectivity index (χ1v) is 21.3. The number of phosphoric ester groups is 1. The Balaban J connectivity index is 1.14. The molecule has 3 N–H and O–H groups in total. The number of nitrogens with two attached hydrogens (primary N) is 1. The van der Waals surface area contributed by atoms with Crippen LogP contribution in [-0.4, -0.2) is 58.1 Å². The zero-order chi connectivity index (χ0) is 38.5. The fraction of sp³-hybridized carbons (Fsp3) is 0.650. The number of para-hydroxylation sites is 1. The third kappa shape index (κ3) is 13.9. The first kappa shape index (κ1) is 43.2. The Hall–Kier alpha value is -3.55. The molecule has 0 saturated carbocycles. The van der Waals surface area contributed by atoms with Gasteiger partial charge < -0.3 is 24.8 Å². The van der Waals surface area contributed by atoms with E-state index in [4.69, 9.17) is 29.0 Å². The number of nitrogen functional groups attached to an aromatic ring is 1. The summed E-state index contributed by atoms with van der Waals surface area (Å²) < 4.78 is 43.2. The molecule has 1 aliphatic heterocycles. The predicted molar refractivity (Wildman–Crippen MR) is 206 cm³/mol. The third-order valence-electron chi connectivity index (χ3n) is 9.86. The normalized spacial score (nSPS) is 18.6. The maximum absolute atomic E-state index is 13.0. The van der Waals surface area contributed by atoms with Crippen molar-refractivity contribution in [2.45, 2.75) is 140 Å². The first-order chi connectivity index (χ1) is 26.3. The molecule has 54 heavy (non-hydrogen) atoms. The van der Waals surface area contributed by atoms with Gasteiger partial charge in [0.05, 0.1) is 37.2 Å². The van der Waals surface area contributed by atoms with Crippen LogP contribution in [0, 0.1) is 22.7 Å². The molecule has 3 aromatic rings. The molecule has 13 nitrogen and oxygen atoms in total. The van der Waals surface area contributed by atoms with Gasteiger partial charge in [-0.05, 0) is 43.5 Å². The van der Waals surface area contributed by atoms with Crippen molar-refractivity contribution in [1.82, 2.24) is 14.6 Å². The van der Waals surface area contributed by atoms with Gasteiger partial charge in [0.1, 0.15) is 35.8 Å². The van der Waals surface area contributed by atoms with Crippen LogP contribution < -0.4 is 10.5 Å². The third-order valence-corrected chi connectivity index (χ3v) is 10.8. The summed E-state index contributed by atoms with van der Waals surface area (Å²) in [6, 6.07) is 14.5. The molecule has 1 unspecified atom stereocenters. The quantitative estimate of drug-likeness (QED) is 0.0528. The molecule has 14 heteroatoms. The van der Waals surface area contributed by atoms with Crippen molar-refractivity contribution in [2.75, 3.05) is 32.2 Å². The molecular formula is C40H59N6O7P. The second-order valence-electron chi connectivity index (χ2n) is 14.2. The molecule has 4 atom stereocenters. The standard InChI is InChI=1S/C40H59N6O7P/c1-2-3-4-5-6-7-8-9-10-11-12-13-14-15-16-19-26-49-28-35(52-37-21-18-17-20-33(37)27-41)30-51-54(47,48)50-29-34-24-25-40(31-42,53-34)38-23-22-36-39(43)44-32-45-46(36)38/h17-18,20-23,32,34-35H,2-16,19,24-26,28-30H2,1H3,(H,47,48)(H2,43,44,45)/t34-,35+,40-/m0/s1. The van der Waals surface area contributed by atoms with Crippen LogP contribution in [0.2, 0.25) is 0 Å². The number of benzene rings is 1. The molecule has 296 valence electrons. The van der Waals surface area contributed by atoms with Crippen molar-refractivity contribution in [3.8, 4) is 17.9 Å². The fourth-order valence-corrected chi connectivity index (χ4v) is 7.57. The zero-order valence-corrected chi connectivity index (χ0v) is 32.8. The van der Waals surface area contributed by atoms with Gasteiger partial charge in [-0.25, -0.2) is 14.1 Å². The summed E-state index contributed by atoms with van der Waals surface area (Å²) in [5.74, 6) is 0.593. The molecule has 1 fully saturated rings. The van der Waals surface area contributed by atoms with Gasteiger partial charge in [0, 0.05) is 6.61 Å². The maximum Gasteiger partial charge on any atom is 0.472 e. The van der Waals surface area contributed by atoms with E-state index in [1.54, 1.807) is 36.4 Å². The molecule has 2 aromatic heterocycles. The largest absolute Gasteiger partial charge is 0.484 e. The van der Waals surface area contributed by atoms with Crippen molar-refractivity contribution < 1.29 is 32.7 Å². The Morgan fingerprint density at radius 1 is 0.944 bits per heavy atom. The highest BCUT2D eigenvalue weighted by Crippen LogP contribution is 2.46. The van der Waals surface area contributed by atoms with Crippen LogP contribution in [0.3, 0.4) is 0 Å². The summed E-state index contributed by atoms with van der Waals surface area (Å²) in [5.41, 5.74) is 5.96. The van der Waals surface area contributed by atoms with E-state index < -0.39 is 25.6 Å². The average Bonchev–Trinajstić information content (AvgIpc) is 3.82. The van der Waals surface area contributed by atoms with Gasteiger partial charge in [-0.15, -0.1) is 0 Å². The minimum absolute atomic E-state index is 0.0915. The van der Waals surface area contributed by atoms with Crippen molar-refractivity contribution in [3.63, 3.8) is 0 Å². The minimum Gasteiger partial charge on any atom is -0.484 e. The summed E-state index contributed by atoms with van der Waals surface area (Å²) in [4.78, 5) is 14.6. The average molecular weight is 767 g/mol. The van der Waals surface area contributed by atoms with E-state index in [1.165, 1.54) is 94.3 Å². The number of unbranched alkanes of at least 4 members (excludes halogenated alkanes) is 15. The number of fused-ring (bicyclic) bond motifs is 1. The van der Waals surface area contributed by atoms with E-state index in [0.717, 1.165) is 19.3 Å². The number of ether oxygens (including phenoxy) is 3. The smallest absolute Gasteiger partial charge is 0.472 e. The maximum atomic E-state index is 13.0. The van der Waals surface area contributed by atoms with Gasteiger partial charge in [0.15, 0.2) is 11.4 Å². The van der Waals surface area contributed by atoms with Crippen LogP contribution in [-0.2, 0) is 28.7 Å². The summed E-state index contributed by atoms with van der Waals surface area (Å²) in [5, 5.41) is 23.9. The number of hydrogen-bond donors (Lipinski definition) is 2. The summed E-state index contributed by atoms with van der Waals surface area (Å²) in [7, 11) is -4.56. The van der Waals surface area contributed by atoms with Gasteiger partial charge in [-0.2, -0.15) is 15.6 Å². The second kappa shape index (κ2) is 23.4. The van der Waals surface area contributed by atoms with Crippen LogP contribution in [0.5, 0.6) is 5.75 Å². The van der Waals surface area contributed by atoms with Crippen LogP contribution in [0.25, 0.3) is 5.52 Å². The molecule has 1 aliphatic rings. The Morgan fingerprint density at radius 2 is 1.59 bits per heavy atom. The molecule has 3 heterocycles. The van der Waals surface area contributed by atoms with Gasteiger partial charge in [-0.3, -0.25) is 9.05 Å². The lowest BCUT2D eigenvalue weighted by Gasteiger charge is -2.23. The first-order valence-electron chi connectivity index (χ1n) is 19.8. The van der Waals surface area contributed by atoms with Gasteiger partial charge in [0.25, 0.3) is 0 Å². The minimum atomic E-state index is -4.56. The van der Waals surface area contributed by atoms with Crippen molar-refractivity contribution in [3.05, 3.63) is 54.0 Å². The molecule has 1 saturated heterocycles. The Bertz CT molecular complexity index is 1680. The number of hydrogen-bond acceptors (Lipinski definition) is 11. The van der Waals surface area contributed by atoms with Crippen LogP contribution in [0.1, 0.15) is 134 Å². The summed E-state index contributed by atoms with van der Waals surface area (Å²) >= 11 is 0. The highest BCUT2D eigenvalue weighted by atomic mass is 31.2. The van der Waals surface area contributed by atoms with Crippen molar-refractivity contribution >= 4 is 19.2 Å². The number of anilines is 1. The Kier molecular flexibility index (Phi) is 18.7. The summed E-state index contributed by atoms with van der Waals surface area (Å²) in [6.07, 6.45) is 21.2. The number of phosphoric acid groups is 1. The van der Waals surface area contributed by atoms with Gasteiger partial charge in [-0.1, -0.05) is 115 Å². The lowest BCUT2D eigenvalue weighted by Crippen LogP contribution is -2.29. The number of nitriles is 2. The number of rotatable bonds is 28. The highest BCUT2D eigenvalue weighted by molar-refractivity contribution is 7.47. The monoisotopic (exact) mass is 766 g/mol. The number of aromatic nitrogens is 3. The zero-order valence-electron chi connectivity index (χ0n) is 31.9. The lowest BCUT2D eigenvalue weighted by atomic mass is 9.98. The fourth-order valence-electron chi connectivity index (χ4n) is 6.79. The van der Waals surface area contributed by atoms with Crippen LogP contribution in [0.4, 0.5) is 5.82 Å². The van der Waals surface area contributed by atoms with E-state index in [9.17, 15) is 20.0 Å². The van der Waals surface area contributed by atoms with Gasteiger partial charge >= 0.3 is 7.82 Å². The molecule has 0 spiro atoms. The van der Waals surface area contributed by atoms with Crippen LogP contribution >= 0.6 is 7.82 Å². The highest BCUT2D eigenvalue weighted by Gasteiger charge is 2.45. The molecular weight excluding hydrogens is 707 g/mol. The molecule has 0 radical (unpaired) electrons. The molecule has 0 amide bonds. The van der Waals surface area contributed by atoms with E-state index >= 15 is 0 Å². The van der Waals surface area contributed by atoms with Gasteiger partial charge in [0.2, 0.25) is 0 Å². The lowest BCUT2D eigenvalue weighted by molar-refractivity contribution is -0.0360. The SMILES string of the molecule is CCCCCCCCCCCCCCCCCCOC[C@H](COP(=O)(O)OC[C@@H]1CC[C@](C#N)(c2ccc3c(N)ncnn23)O1)Oc1ccccc1C#N. The molecule has 4 rings (SSSR count). The summed E-state index contributed by atoms with van der Waals surface area (Å²) in [6.45, 7) is 2.27. The van der Waals surface area contributed by atoms with Crippen LogP contribution in [0.15, 0.2) is 42.7 Å².